The molecule has 1 N–H and O–H groups in total. The summed E-state index contributed by atoms with van der Waals surface area (Å²) in [6.07, 6.45) is 2.10. The number of rotatable bonds is 5. The molecule has 0 bridgehead atoms. The highest BCUT2D eigenvalue weighted by molar-refractivity contribution is 9.10. The molecule has 1 aromatic carbocycles. The molecule has 108 valence electrons. The van der Waals surface area contributed by atoms with E-state index in [0.29, 0.717) is 10.4 Å². The van der Waals surface area contributed by atoms with Gasteiger partial charge in [-0.3, -0.25) is 9.59 Å². The number of methoxy groups -OCH3 is 1. The molecule has 0 aromatic heterocycles. The van der Waals surface area contributed by atoms with Gasteiger partial charge in [-0.25, -0.2) is 4.39 Å². The van der Waals surface area contributed by atoms with E-state index in [4.69, 9.17) is 0 Å². The Morgan fingerprint density at radius 1 is 1.50 bits per heavy atom. The molecule has 1 unspecified atom stereocenters. The van der Waals surface area contributed by atoms with Crippen LogP contribution < -0.4 is 5.32 Å². The fourth-order valence-electron chi connectivity index (χ4n) is 2.01. The maximum Gasteiger partial charge on any atom is 0.307 e. The van der Waals surface area contributed by atoms with E-state index in [1.54, 1.807) is 0 Å². The van der Waals surface area contributed by atoms with E-state index in [9.17, 15) is 14.0 Å². The molecular weight excluding hydrogens is 329 g/mol. The largest absolute Gasteiger partial charge is 0.469 e. The third-order valence-corrected chi connectivity index (χ3v) is 3.99. The van der Waals surface area contributed by atoms with Crippen molar-refractivity contribution < 1.29 is 18.7 Å². The topological polar surface area (TPSA) is 55.4 Å². The van der Waals surface area contributed by atoms with Gasteiger partial charge < -0.3 is 10.1 Å². The third-order valence-electron chi connectivity index (χ3n) is 3.29. The first-order valence-electron chi connectivity index (χ1n) is 6.34. The summed E-state index contributed by atoms with van der Waals surface area (Å²) in [5.41, 5.74) is 0.223. The molecule has 0 spiro atoms. The average Bonchev–Trinajstić information content (AvgIpc) is 3.24. The van der Waals surface area contributed by atoms with E-state index in [-0.39, 0.29) is 24.0 Å². The minimum absolute atomic E-state index is 0.139. The Bertz CT molecular complexity index is 531. The number of carbonyl (C=O) groups is 2. The predicted octanol–water partition coefficient (Wildman–Crippen LogP) is 2.66. The maximum absolute atomic E-state index is 13.2. The van der Waals surface area contributed by atoms with Crippen LogP contribution in [0.4, 0.5) is 4.39 Å². The summed E-state index contributed by atoms with van der Waals surface area (Å²) in [4.78, 5) is 23.5. The van der Waals surface area contributed by atoms with Gasteiger partial charge in [0, 0.05) is 10.5 Å². The van der Waals surface area contributed by atoms with Gasteiger partial charge in [0.25, 0.3) is 5.91 Å². The lowest BCUT2D eigenvalue weighted by Crippen LogP contribution is -2.38. The molecule has 1 aliphatic carbocycles. The number of halogens is 2. The first-order chi connectivity index (χ1) is 9.51. The quantitative estimate of drug-likeness (QED) is 0.836. The molecule has 4 nitrogen and oxygen atoms in total. The highest BCUT2D eigenvalue weighted by Crippen LogP contribution is 2.34. The van der Waals surface area contributed by atoms with Crippen LogP contribution in [0, 0.1) is 11.7 Å². The zero-order chi connectivity index (χ0) is 14.7. The Hall–Kier alpha value is -1.43. The number of carbonyl (C=O) groups excluding carboxylic acids is 2. The number of amides is 1. The SMILES string of the molecule is COC(=O)CC(NC(=O)c1cc(F)ccc1Br)C1CC1. The van der Waals surface area contributed by atoms with Gasteiger partial charge in [-0.2, -0.15) is 0 Å². The van der Waals surface area contributed by atoms with Gasteiger partial charge in [0.2, 0.25) is 0 Å². The number of benzene rings is 1. The van der Waals surface area contributed by atoms with Gasteiger partial charge in [0.1, 0.15) is 5.82 Å². The number of esters is 1. The van der Waals surface area contributed by atoms with E-state index in [1.807, 2.05) is 0 Å². The van der Waals surface area contributed by atoms with Crippen molar-refractivity contribution in [2.24, 2.45) is 5.92 Å². The van der Waals surface area contributed by atoms with Crippen LogP contribution in [0.25, 0.3) is 0 Å². The van der Waals surface area contributed by atoms with Gasteiger partial charge in [-0.15, -0.1) is 0 Å². The second-order valence-electron chi connectivity index (χ2n) is 4.82. The minimum Gasteiger partial charge on any atom is -0.469 e. The van der Waals surface area contributed by atoms with Crippen LogP contribution in [-0.4, -0.2) is 25.0 Å². The van der Waals surface area contributed by atoms with Crippen LogP contribution in [0.5, 0.6) is 0 Å². The normalized spacial score (nSPS) is 15.6. The average molecular weight is 344 g/mol. The van der Waals surface area contributed by atoms with Crippen LogP contribution in [0.1, 0.15) is 29.6 Å². The smallest absolute Gasteiger partial charge is 0.307 e. The van der Waals surface area contributed by atoms with Crippen molar-refractivity contribution in [1.82, 2.24) is 5.32 Å². The monoisotopic (exact) mass is 343 g/mol. The van der Waals surface area contributed by atoms with Crippen molar-refractivity contribution in [3.8, 4) is 0 Å². The van der Waals surface area contributed by atoms with Crippen molar-refractivity contribution in [2.45, 2.75) is 25.3 Å². The van der Waals surface area contributed by atoms with E-state index < -0.39 is 11.7 Å². The molecule has 1 saturated carbocycles. The first kappa shape index (κ1) is 15.0. The third kappa shape index (κ3) is 3.79. The second-order valence-corrected chi connectivity index (χ2v) is 5.68. The Kier molecular flexibility index (Phi) is 4.75. The lowest BCUT2D eigenvalue weighted by atomic mass is 10.1. The molecule has 1 atom stereocenters. The van der Waals surface area contributed by atoms with Crippen molar-refractivity contribution in [3.63, 3.8) is 0 Å². The molecule has 1 aromatic rings. The molecule has 0 saturated heterocycles. The van der Waals surface area contributed by atoms with Crippen LogP contribution in [-0.2, 0) is 9.53 Å². The second kappa shape index (κ2) is 6.35. The molecule has 6 heteroatoms. The fraction of sp³-hybridized carbons (Fsp3) is 0.429. The van der Waals surface area contributed by atoms with Crippen molar-refractivity contribution in [2.75, 3.05) is 7.11 Å². The van der Waals surface area contributed by atoms with Crippen molar-refractivity contribution in [3.05, 3.63) is 34.1 Å². The number of nitrogens with one attached hydrogen (secondary N) is 1. The number of hydrogen-bond acceptors (Lipinski definition) is 3. The lowest BCUT2D eigenvalue weighted by molar-refractivity contribution is -0.141. The summed E-state index contributed by atoms with van der Waals surface area (Å²) < 4.78 is 18.4. The molecule has 1 amide bonds. The van der Waals surface area contributed by atoms with Crippen molar-refractivity contribution in [1.29, 1.82) is 0 Å². The first-order valence-corrected chi connectivity index (χ1v) is 7.13. The Balaban J connectivity index is 2.08. The fourth-order valence-corrected chi connectivity index (χ4v) is 2.44. The Morgan fingerprint density at radius 2 is 2.20 bits per heavy atom. The van der Waals surface area contributed by atoms with Crippen LogP contribution in [0.2, 0.25) is 0 Å². The van der Waals surface area contributed by atoms with E-state index in [0.717, 1.165) is 12.8 Å². The molecular formula is C14H15BrFNO3. The summed E-state index contributed by atoms with van der Waals surface area (Å²) in [6.45, 7) is 0. The maximum atomic E-state index is 13.2. The number of hydrogen-bond donors (Lipinski definition) is 1. The van der Waals surface area contributed by atoms with Gasteiger partial charge >= 0.3 is 5.97 Å². The zero-order valence-electron chi connectivity index (χ0n) is 11.0. The number of ether oxygens (including phenoxy) is 1. The Morgan fingerprint density at radius 3 is 2.80 bits per heavy atom. The van der Waals surface area contributed by atoms with Crippen LogP contribution in [0.15, 0.2) is 22.7 Å². The molecule has 0 aliphatic heterocycles. The molecule has 1 aliphatic rings. The van der Waals surface area contributed by atoms with E-state index in [1.165, 1.54) is 25.3 Å². The standard InChI is InChI=1S/C14H15BrFNO3/c1-20-13(18)7-12(8-2-3-8)17-14(19)10-6-9(16)4-5-11(10)15/h4-6,8,12H,2-3,7H2,1H3,(H,17,19). The summed E-state index contributed by atoms with van der Waals surface area (Å²) in [7, 11) is 1.32. The van der Waals surface area contributed by atoms with Gasteiger partial charge in [-0.1, -0.05) is 0 Å². The highest BCUT2D eigenvalue weighted by Gasteiger charge is 2.34. The summed E-state index contributed by atoms with van der Waals surface area (Å²) in [6, 6.07) is 3.66. The van der Waals surface area contributed by atoms with Gasteiger partial charge in [0.15, 0.2) is 0 Å². The highest BCUT2D eigenvalue weighted by atomic mass is 79.9. The zero-order valence-corrected chi connectivity index (χ0v) is 12.6. The summed E-state index contributed by atoms with van der Waals surface area (Å²) in [5.74, 6) is -0.933. The lowest BCUT2D eigenvalue weighted by Gasteiger charge is -2.17. The Labute approximate surface area is 124 Å². The molecule has 0 heterocycles. The minimum atomic E-state index is -0.478. The van der Waals surface area contributed by atoms with Gasteiger partial charge in [-0.05, 0) is 52.9 Å². The van der Waals surface area contributed by atoms with Crippen LogP contribution in [0.3, 0.4) is 0 Å². The van der Waals surface area contributed by atoms with Gasteiger partial charge in [0.05, 0.1) is 19.1 Å². The van der Waals surface area contributed by atoms with Crippen LogP contribution >= 0.6 is 15.9 Å². The molecule has 0 radical (unpaired) electrons. The van der Waals surface area contributed by atoms with E-state index >= 15 is 0 Å². The predicted molar refractivity (Wildman–Crippen MR) is 74.7 cm³/mol. The summed E-state index contributed by atoms with van der Waals surface area (Å²) >= 11 is 3.22. The molecule has 1 fully saturated rings. The molecule has 2 rings (SSSR count). The molecule has 20 heavy (non-hydrogen) atoms. The van der Waals surface area contributed by atoms with Crippen molar-refractivity contribution >= 4 is 27.8 Å². The summed E-state index contributed by atoms with van der Waals surface area (Å²) in [5, 5.41) is 2.79. The van der Waals surface area contributed by atoms with E-state index in [2.05, 4.69) is 26.0 Å².